The Labute approximate surface area is 118 Å². The van der Waals surface area contributed by atoms with Gasteiger partial charge in [-0.2, -0.15) is 13.2 Å². The summed E-state index contributed by atoms with van der Waals surface area (Å²) < 4.78 is 41.8. The molecule has 0 aromatic heterocycles. The molecule has 0 N–H and O–H groups in total. The van der Waals surface area contributed by atoms with Crippen molar-refractivity contribution in [2.24, 2.45) is 0 Å². The van der Waals surface area contributed by atoms with E-state index in [1.54, 1.807) is 6.92 Å². The molecule has 0 saturated carbocycles. The van der Waals surface area contributed by atoms with Gasteiger partial charge in [0.15, 0.2) is 0 Å². The van der Waals surface area contributed by atoms with Crippen molar-refractivity contribution in [3.05, 3.63) is 0 Å². The summed E-state index contributed by atoms with van der Waals surface area (Å²) in [5.41, 5.74) is -0.520. The number of ether oxygens (including phenoxy) is 1. The summed E-state index contributed by atoms with van der Waals surface area (Å²) in [4.78, 5) is 13.8. The van der Waals surface area contributed by atoms with Gasteiger partial charge in [0.25, 0.3) is 0 Å². The summed E-state index contributed by atoms with van der Waals surface area (Å²) in [5, 5.41) is 0. The zero-order valence-corrected chi connectivity index (χ0v) is 12.3. The molecule has 0 bridgehead atoms. The monoisotopic (exact) mass is 295 g/mol. The second kappa shape index (κ2) is 7.29. The molecule has 1 heterocycles. The highest BCUT2D eigenvalue weighted by Crippen LogP contribution is 2.32. The minimum Gasteiger partial charge on any atom is -0.466 e. The average Bonchev–Trinajstić information content (AvgIpc) is 2.80. The largest absolute Gasteiger partial charge is 0.466 e. The van der Waals surface area contributed by atoms with Gasteiger partial charge < -0.3 is 4.74 Å². The van der Waals surface area contributed by atoms with E-state index >= 15 is 0 Å². The van der Waals surface area contributed by atoms with Crippen LogP contribution in [0.3, 0.4) is 0 Å². The minimum atomic E-state index is -4.13. The Morgan fingerprint density at radius 1 is 1.20 bits per heavy atom. The third-order valence-corrected chi connectivity index (χ3v) is 3.88. The summed E-state index contributed by atoms with van der Waals surface area (Å²) in [6.45, 7) is 5.61. The van der Waals surface area contributed by atoms with Crippen molar-refractivity contribution in [3.63, 3.8) is 0 Å². The van der Waals surface area contributed by atoms with E-state index in [4.69, 9.17) is 4.74 Å². The Morgan fingerprint density at radius 2 is 1.80 bits per heavy atom. The smallest absolute Gasteiger partial charge is 0.389 e. The fourth-order valence-electron chi connectivity index (χ4n) is 2.81. The van der Waals surface area contributed by atoms with E-state index in [0.717, 1.165) is 25.9 Å². The second-order valence-corrected chi connectivity index (χ2v) is 5.64. The lowest BCUT2D eigenvalue weighted by atomic mass is 9.89. The molecule has 0 amide bonds. The van der Waals surface area contributed by atoms with Gasteiger partial charge in [-0.1, -0.05) is 0 Å². The van der Waals surface area contributed by atoms with Crippen molar-refractivity contribution in [1.29, 1.82) is 0 Å². The number of likely N-dealkylation sites (tertiary alicyclic amines) is 1. The normalized spacial score (nSPS) is 19.9. The molecule has 3 nitrogen and oxygen atoms in total. The number of nitrogens with zero attached hydrogens (tertiary/aromatic N) is 1. The van der Waals surface area contributed by atoms with Gasteiger partial charge in [-0.05, 0) is 52.6 Å². The first kappa shape index (κ1) is 17.3. The number of rotatable bonds is 7. The first-order valence-electron chi connectivity index (χ1n) is 7.24. The van der Waals surface area contributed by atoms with Gasteiger partial charge in [0.1, 0.15) is 0 Å². The molecule has 1 atom stereocenters. The highest BCUT2D eigenvalue weighted by atomic mass is 19.4. The van der Waals surface area contributed by atoms with E-state index in [1.165, 1.54) is 0 Å². The first-order valence-corrected chi connectivity index (χ1v) is 7.24. The van der Waals surface area contributed by atoms with Crippen LogP contribution >= 0.6 is 0 Å². The third-order valence-electron chi connectivity index (χ3n) is 3.88. The molecular weight excluding hydrogens is 271 g/mol. The summed E-state index contributed by atoms with van der Waals surface area (Å²) in [7, 11) is 0. The van der Waals surface area contributed by atoms with Crippen LogP contribution < -0.4 is 0 Å². The molecule has 1 rings (SSSR count). The van der Waals surface area contributed by atoms with E-state index < -0.39 is 18.1 Å². The van der Waals surface area contributed by atoms with Crippen molar-refractivity contribution < 1.29 is 22.7 Å². The molecule has 0 radical (unpaired) electrons. The lowest BCUT2D eigenvalue weighted by molar-refractivity contribution is -0.147. The van der Waals surface area contributed by atoms with Gasteiger partial charge in [0, 0.05) is 12.0 Å². The molecule has 0 spiro atoms. The number of hydrogen-bond acceptors (Lipinski definition) is 3. The molecule has 20 heavy (non-hydrogen) atoms. The highest BCUT2D eigenvalue weighted by Gasteiger charge is 2.37. The van der Waals surface area contributed by atoms with Gasteiger partial charge in [-0.25, -0.2) is 0 Å². The number of hydrogen-bond donors (Lipinski definition) is 0. The van der Waals surface area contributed by atoms with Crippen LogP contribution in [0.15, 0.2) is 0 Å². The molecule has 0 aromatic rings. The van der Waals surface area contributed by atoms with Crippen molar-refractivity contribution >= 4 is 5.97 Å². The standard InChI is InChI=1S/C14H24F3NO2/c1-3-20-12(19)11-13(2,18-9-4-5-10-18)7-6-8-14(15,16)17/h3-11H2,1-2H3. The van der Waals surface area contributed by atoms with Gasteiger partial charge in [0.2, 0.25) is 0 Å². The SMILES string of the molecule is CCOC(=O)CC(C)(CCCC(F)(F)F)N1CCCC1. The van der Waals surface area contributed by atoms with E-state index in [0.29, 0.717) is 13.0 Å². The highest BCUT2D eigenvalue weighted by molar-refractivity contribution is 5.70. The molecule has 6 heteroatoms. The first-order chi connectivity index (χ1) is 9.27. The maximum absolute atomic E-state index is 12.3. The summed E-state index contributed by atoms with van der Waals surface area (Å²) in [6, 6.07) is 0. The summed E-state index contributed by atoms with van der Waals surface area (Å²) in [5.74, 6) is -0.325. The summed E-state index contributed by atoms with van der Waals surface area (Å²) in [6.07, 6.45) is -2.26. The maximum atomic E-state index is 12.3. The average molecular weight is 295 g/mol. The molecule has 1 fully saturated rings. The fraction of sp³-hybridized carbons (Fsp3) is 0.929. The van der Waals surface area contributed by atoms with Crippen LogP contribution in [0, 0.1) is 0 Å². The third kappa shape index (κ3) is 5.69. The zero-order chi connectivity index (χ0) is 15.2. The Bertz CT molecular complexity index is 314. The number of carbonyl (C=O) groups excluding carboxylic acids is 1. The Balaban J connectivity index is 2.60. The molecule has 1 aliphatic rings. The van der Waals surface area contributed by atoms with E-state index in [9.17, 15) is 18.0 Å². The van der Waals surface area contributed by atoms with Crippen LogP contribution in [-0.4, -0.2) is 42.3 Å². The second-order valence-electron chi connectivity index (χ2n) is 5.64. The lowest BCUT2D eigenvalue weighted by Crippen LogP contribution is -2.46. The summed E-state index contributed by atoms with van der Waals surface area (Å²) >= 11 is 0. The Kier molecular flexibility index (Phi) is 6.30. The van der Waals surface area contributed by atoms with Gasteiger partial charge in [-0.15, -0.1) is 0 Å². The molecule has 0 aliphatic carbocycles. The fourth-order valence-corrected chi connectivity index (χ4v) is 2.81. The van der Waals surface area contributed by atoms with Crippen molar-refractivity contribution in [2.45, 2.75) is 64.1 Å². The maximum Gasteiger partial charge on any atom is 0.389 e. The Morgan fingerprint density at radius 3 is 2.30 bits per heavy atom. The quantitative estimate of drug-likeness (QED) is 0.673. The minimum absolute atomic E-state index is 0.0515. The van der Waals surface area contributed by atoms with Crippen LogP contribution in [0.2, 0.25) is 0 Å². The van der Waals surface area contributed by atoms with Crippen LogP contribution in [0.5, 0.6) is 0 Å². The van der Waals surface area contributed by atoms with Crippen molar-refractivity contribution in [2.75, 3.05) is 19.7 Å². The molecule has 1 aliphatic heterocycles. The van der Waals surface area contributed by atoms with Gasteiger partial charge in [-0.3, -0.25) is 9.69 Å². The van der Waals surface area contributed by atoms with Crippen molar-refractivity contribution in [1.82, 2.24) is 4.90 Å². The van der Waals surface area contributed by atoms with Crippen LogP contribution in [0.4, 0.5) is 13.2 Å². The Hall–Kier alpha value is -0.780. The van der Waals surface area contributed by atoms with Crippen LogP contribution in [0.25, 0.3) is 0 Å². The van der Waals surface area contributed by atoms with Crippen LogP contribution in [-0.2, 0) is 9.53 Å². The topological polar surface area (TPSA) is 29.5 Å². The van der Waals surface area contributed by atoms with E-state index in [-0.39, 0.29) is 18.8 Å². The number of esters is 1. The number of alkyl halides is 3. The molecule has 1 unspecified atom stereocenters. The van der Waals surface area contributed by atoms with Gasteiger partial charge in [0.05, 0.1) is 13.0 Å². The predicted molar refractivity (Wildman–Crippen MR) is 70.4 cm³/mol. The molecule has 118 valence electrons. The molecule has 1 saturated heterocycles. The predicted octanol–water partition coefficient (Wildman–Crippen LogP) is 3.53. The van der Waals surface area contributed by atoms with Crippen molar-refractivity contribution in [3.8, 4) is 0 Å². The molecule has 0 aromatic carbocycles. The van der Waals surface area contributed by atoms with Gasteiger partial charge >= 0.3 is 12.1 Å². The number of halogens is 3. The van der Waals surface area contributed by atoms with E-state index in [2.05, 4.69) is 4.90 Å². The zero-order valence-electron chi connectivity index (χ0n) is 12.3. The van der Waals surface area contributed by atoms with Crippen LogP contribution in [0.1, 0.15) is 52.4 Å². The lowest BCUT2D eigenvalue weighted by Gasteiger charge is -2.38. The van der Waals surface area contributed by atoms with E-state index in [1.807, 2.05) is 6.92 Å². The molecular formula is C14H24F3NO2. The number of carbonyl (C=O) groups is 1.